The largest absolute Gasteiger partial charge is 0.478 e. The number of rotatable bonds is 31. The van der Waals surface area contributed by atoms with Crippen molar-refractivity contribution in [1.29, 1.82) is 0 Å². The summed E-state index contributed by atoms with van der Waals surface area (Å²) in [6, 6.07) is 60.0. The number of nitrogens with zero attached hydrogens (tertiary/aromatic N) is 6. The van der Waals surface area contributed by atoms with Gasteiger partial charge in [-0.05, 0) is 187 Å². The van der Waals surface area contributed by atoms with E-state index in [1.54, 1.807) is 30.4 Å². The van der Waals surface area contributed by atoms with Crippen LogP contribution in [0, 0.1) is 6.92 Å². The number of unbranched alkanes of at least 4 members (excludes halogenated alkanes) is 8. The molecule has 0 aliphatic carbocycles. The van der Waals surface area contributed by atoms with E-state index in [4.69, 9.17) is 21.1 Å². The fraction of sp³-hybridized carbons (Fsp3) is 0.271. The molecule has 0 bridgehead atoms. The van der Waals surface area contributed by atoms with Crippen LogP contribution in [0.25, 0.3) is 86.7 Å². The van der Waals surface area contributed by atoms with Crippen molar-refractivity contribution in [3.05, 3.63) is 299 Å². The summed E-state index contributed by atoms with van der Waals surface area (Å²) in [6.07, 6.45) is 47.3. The summed E-state index contributed by atoms with van der Waals surface area (Å²) < 4.78 is 0. The van der Waals surface area contributed by atoms with Gasteiger partial charge >= 0.3 is 17.9 Å². The number of carboxylic acid groups (broad SMARTS) is 3. The van der Waals surface area contributed by atoms with Crippen LogP contribution in [0.1, 0.15) is 180 Å². The van der Waals surface area contributed by atoms with Crippen LogP contribution in [0.2, 0.25) is 0 Å². The van der Waals surface area contributed by atoms with Crippen molar-refractivity contribution in [3.8, 4) is 56.3 Å². The summed E-state index contributed by atoms with van der Waals surface area (Å²) in [6.45, 7) is 12.6. The number of piperidine rings is 1. The Balaban J connectivity index is 0.000000194. The van der Waals surface area contributed by atoms with Crippen molar-refractivity contribution in [3.63, 3.8) is 0 Å². The summed E-state index contributed by atoms with van der Waals surface area (Å²) in [4.78, 5) is 78.7. The highest BCUT2D eigenvalue weighted by atomic mass is 16.4. The monoisotopic (exact) mass is 1490 g/mol. The Bertz CT molecular complexity index is 4570. The third kappa shape index (κ3) is 33.1. The molecule has 0 radical (unpaired) electrons. The molecule has 10 aromatic rings. The van der Waals surface area contributed by atoms with Gasteiger partial charge in [-0.15, -0.1) is 0 Å². The molecule has 1 aliphatic heterocycles. The second-order valence-corrected chi connectivity index (χ2v) is 27.3. The number of hydrogen-bond donors (Lipinski definition) is 4. The molecule has 0 atom stereocenters. The van der Waals surface area contributed by atoms with Crippen LogP contribution in [0.5, 0.6) is 0 Å². The number of carboxylic acids is 3. The van der Waals surface area contributed by atoms with Crippen LogP contribution in [0.15, 0.2) is 243 Å². The van der Waals surface area contributed by atoms with E-state index < -0.39 is 23.8 Å². The Morgan fingerprint density at radius 3 is 0.883 bits per heavy atom. The molecule has 1 saturated heterocycles. The summed E-state index contributed by atoms with van der Waals surface area (Å²) in [7, 11) is 0. The Hall–Kier alpha value is -12.1. The molecule has 0 unspecified atom stereocenters. The van der Waals surface area contributed by atoms with E-state index in [2.05, 4.69) is 101 Å². The number of carbonyl (C=O) groups excluding carboxylic acids is 2. The number of hydrogen-bond acceptors (Lipinski definition) is 10. The molecule has 1 fully saturated rings. The lowest BCUT2D eigenvalue weighted by Gasteiger charge is -2.25. The first kappa shape index (κ1) is 86.1. The number of aryl methyl sites for hydroxylation is 5. The van der Waals surface area contributed by atoms with Gasteiger partial charge in [0.1, 0.15) is 0 Å². The maximum absolute atomic E-state index is 12.2. The molecule has 11 rings (SSSR count). The molecular formula is C96H107N7O8. The van der Waals surface area contributed by atoms with E-state index in [1.807, 2.05) is 182 Å². The van der Waals surface area contributed by atoms with Crippen LogP contribution in [-0.4, -0.2) is 88.0 Å². The fourth-order valence-electron chi connectivity index (χ4n) is 11.9. The molecule has 5 aromatic carbocycles. The van der Waals surface area contributed by atoms with E-state index in [0.717, 1.165) is 166 Å². The number of aromatic nitrogens is 5. The van der Waals surface area contributed by atoms with Gasteiger partial charge in [-0.1, -0.05) is 237 Å². The van der Waals surface area contributed by atoms with Crippen molar-refractivity contribution in [2.75, 3.05) is 13.1 Å². The number of pyridine rings is 5. The molecule has 0 spiro atoms. The second-order valence-electron chi connectivity index (χ2n) is 27.3. The number of aliphatic carboxylic acids is 3. The highest BCUT2D eigenvalue weighted by Gasteiger charge is 2.14. The first-order valence-electron chi connectivity index (χ1n) is 38.9. The number of benzene rings is 5. The predicted octanol–water partition coefficient (Wildman–Crippen LogP) is 21.8. The van der Waals surface area contributed by atoms with E-state index in [9.17, 15) is 24.0 Å². The zero-order valence-corrected chi connectivity index (χ0v) is 65.0. The first-order valence-corrected chi connectivity index (χ1v) is 38.9. The molecular weight excluding hydrogens is 1380 g/mol. The smallest absolute Gasteiger partial charge is 0.328 e. The Labute approximate surface area is 656 Å². The van der Waals surface area contributed by atoms with Gasteiger partial charge in [-0.3, -0.25) is 34.5 Å². The van der Waals surface area contributed by atoms with E-state index in [-0.39, 0.29) is 5.91 Å². The third-order valence-corrected chi connectivity index (χ3v) is 18.3. The molecule has 15 heteroatoms. The van der Waals surface area contributed by atoms with Crippen LogP contribution < -0.4 is 5.73 Å². The van der Waals surface area contributed by atoms with Gasteiger partial charge in [0, 0.05) is 102 Å². The highest BCUT2D eigenvalue weighted by molar-refractivity contribution is 5.92. The average molecular weight is 1490 g/mol. The van der Waals surface area contributed by atoms with Crippen LogP contribution in [0.3, 0.4) is 0 Å². The van der Waals surface area contributed by atoms with Gasteiger partial charge in [0.25, 0.3) is 0 Å². The Morgan fingerprint density at radius 2 is 0.604 bits per heavy atom. The first-order chi connectivity index (χ1) is 54.0. The molecule has 111 heavy (non-hydrogen) atoms. The number of primary amides is 1. The molecule has 0 saturated carbocycles. The maximum atomic E-state index is 12.2. The normalized spacial score (nSPS) is 11.8. The van der Waals surface area contributed by atoms with E-state index in [0.29, 0.717) is 0 Å². The lowest BCUT2D eigenvalue weighted by Crippen LogP contribution is -2.34. The molecule has 574 valence electrons. The number of amides is 2. The maximum Gasteiger partial charge on any atom is 0.328 e. The summed E-state index contributed by atoms with van der Waals surface area (Å²) in [5, 5.41) is 25.8. The highest BCUT2D eigenvalue weighted by Crippen LogP contribution is 2.25. The lowest BCUT2D eigenvalue weighted by atomic mass is 10.0. The van der Waals surface area contributed by atoms with Gasteiger partial charge in [0.05, 0.1) is 28.5 Å². The lowest BCUT2D eigenvalue weighted by molar-refractivity contribution is -0.132. The van der Waals surface area contributed by atoms with Crippen LogP contribution >= 0.6 is 0 Å². The van der Waals surface area contributed by atoms with E-state index >= 15 is 0 Å². The topological polar surface area (TPSA) is 240 Å². The summed E-state index contributed by atoms with van der Waals surface area (Å²) in [5.74, 6) is -3.14. The third-order valence-electron chi connectivity index (χ3n) is 18.3. The van der Waals surface area contributed by atoms with Gasteiger partial charge in [-0.2, -0.15) is 0 Å². The minimum absolute atomic E-state index is 0.124. The number of likely N-dealkylation sites (tertiary alicyclic amines) is 1. The standard InChI is InChI=1S/C24H30N2O.C21H25NO2.C19H21NO2.C17H17NO2.C15H14N2O/c1-2-3-5-8-21-11-15-23(25-19-21)22-13-9-20(10-14-22)12-16-24(27)26-17-6-4-7-18-26;1-2-3-4-5-6-7-18-10-14-20(22-16-18)19-12-8-17(9-13-19)11-15-21(23)24;1-2-3-4-5-16-8-12-18(20-14-16)17-10-6-15(7-11-17)9-13-19(21)22;1-2-3-14-6-10-16(18-12-14)15-8-4-13(5-9-15)7-11-17(19)20;1-11-2-8-14(17-10-11)13-6-3-12(4-7-13)5-9-15(16)18/h9-16,19H,2-8,17-18H2,1H3;8-16H,2-7H2,1H3,(H,23,24);6-14H,2-5H2,1H3,(H,21,22);4-12H,2-3H2,1H3,(H,19,20);2-10H,1H3,(H2,16,18)/b16-12+;15-11+;13-9+;11-7+;9-5+. The SMILES string of the molecule is CCCCCCCc1ccc(-c2ccc(/C=C/C(=O)O)cc2)nc1.CCCCCc1ccc(-c2ccc(/C=C/C(=O)N3CCCCC3)cc2)nc1.CCCCCc1ccc(-c2ccc(/C=C/C(=O)O)cc2)nc1.CCCc1ccc(-c2ccc(/C=C/C(=O)O)cc2)nc1.Cc1ccc(-c2ccc(/C=C/C(N)=O)cc2)nc1. The van der Waals surface area contributed by atoms with E-state index in [1.165, 1.54) is 105 Å². The minimum atomic E-state index is -0.942. The molecule has 15 nitrogen and oxygen atoms in total. The second kappa shape index (κ2) is 49.0. The molecule has 1 aliphatic rings. The van der Waals surface area contributed by atoms with Crippen molar-refractivity contribution in [2.24, 2.45) is 5.73 Å². The number of nitrogens with two attached hydrogens (primary N) is 1. The molecule has 6 heterocycles. The Kier molecular flexibility index (Phi) is 38.1. The van der Waals surface area contributed by atoms with Crippen molar-refractivity contribution >= 4 is 60.1 Å². The van der Waals surface area contributed by atoms with Gasteiger partial charge in [0.15, 0.2) is 0 Å². The summed E-state index contributed by atoms with van der Waals surface area (Å²) in [5.41, 5.74) is 25.9. The number of carbonyl (C=O) groups is 5. The van der Waals surface area contributed by atoms with Gasteiger partial charge in [0.2, 0.25) is 11.8 Å². The van der Waals surface area contributed by atoms with Crippen LogP contribution in [0.4, 0.5) is 0 Å². The van der Waals surface area contributed by atoms with Crippen LogP contribution in [-0.2, 0) is 49.7 Å². The van der Waals surface area contributed by atoms with Gasteiger partial charge in [-0.25, -0.2) is 14.4 Å². The Morgan fingerprint density at radius 1 is 0.324 bits per heavy atom. The fourth-order valence-corrected chi connectivity index (χ4v) is 11.9. The molecule has 5 N–H and O–H groups in total. The predicted molar refractivity (Wildman–Crippen MR) is 454 cm³/mol. The van der Waals surface area contributed by atoms with Crippen molar-refractivity contribution in [1.82, 2.24) is 29.8 Å². The van der Waals surface area contributed by atoms with Gasteiger partial charge < -0.3 is 26.0 Å². The zero-order valence-electron chi connectivity index (χ0n) is 65.0. The minimum Gasteiger partial charge on any atom is -0.478 e. The zero-order chi connectivity index (χ0) is 79.2. The quantitative estimate of drug-likeness (QED) is 0.0234. The van der Waals surface area contributed by atoms with Crippen molar-refractivity contribution in [2.45, 2.75) is 157 Å². The van der Waals surface area contributed by atoms with Crippen molar-refractivity contribution < 1.29 is 39.3 Å². The molecule has 2 amide bonds. The molecule has 5 aromatic heterocycles. The average Bonchev–Trinajstić information content (AvgIpc) is 0.873. The summed E-state index contributed by atoms with van der Waals surface area (Å²) >= 11 is 0.